The van der Waals surface area contributed by atoms with Gasteiger partial charge in [-0.15, -0.1) is 0 Å². The van der Waals surface area contributed by atoms with Gasteiger partial charge in [0, 0.05) is 11.6 Å². The van der Waals surface area contributed by atoms with Crippen molar-refractivity contribution in [1.82, 2.24) is 9.97 Å². The molecule has 92 valence electrons. The molecule has 0 atom stereocenters. The van der Waals surface area contributed by atoms with Crippen molar-refractivity contribution in [3.63, 3.8) is 0 Å². The van der Waals surface area contributed by atoms with Crippen LogP contribution >= 0.6 is 0 Å². The standard InChI is InChI=1S/C13H12N2O3/c1-2-18-11-8-10(9-6-4-3-5-7-9)14-12(15-11)13(16)17/h3-8H,2H2,1H3,(H,16,17). The number of ether oxygens (including phenoxy) is 1. The van der Waals surface area contributed by atoms with Crippen LogP contribution in [0.1, 0.15) is 17.5 Å². The molecule has 1 aromatic heterocycles. The summed E-state index contributed by atoms with van der Waals surface area (Å²) in [6, 6.07) is 10.9. The lowest BCUT2D eigenvalue weighted by atomic mass is 10.1. The van der Waals surface area contributed by atoms with Gasteiger partial charge in [-0.25, -0.2) is 9.78 Å². The fraction of sp³-hybridized carbons (Fsp3) is 0.154. The largest absolute Gasteiger partial charge is 0.478 e. The lowest BCUT2D eigenvalue weighted by Gasteiger charge is -2.06. The smallest absolute Gasteiger partial charge is 0.374 e. The van der Waals surface area contributed by atoms with Crippen molar-refractivity contribution in [3.05, 3.63) is 42.2 Å². The van der Waals surface area contributed by atoms with E-state index in [0.717, 1.165) is 5.56 Å². The Kier molecular flexibility index (Phi) is 3.52. The van der Waals surface area contributed by atoms with Crippen LogP contribution in [0.25, 0.3) is 11.3 Å². The number of carboxylic acids is 1. The SMILES string of the molecule is CCOc1cc(-c2ccccc2)nc(C(=O)O)n1. The first-order chi connectivity index (χ1) is 8.70. The average molecular weight is 244 g/mol. The molecule has 0 aliphatic heterocycles. The Morgan fingerprint density at radius 1 is 1.28 bits per heavy atom. The molecule has 2 rings (SSSR count). The number of carbonyl (C=O) groups is 1. The van der Waals surface area contributed by atoms with Crippen LogP contribution in [0.3, 0.4) is 0 Å². The summed E-state index contributed by atoms with van der Waals surface area (Å²) < 4.78 is 5.24. The summed E-state index contributed by atoms with van der Waals surface area (Å²) >= 11 is 0. The number of rotatable bonds is 4. The van der Waals surface area contributed by atoms with Gasteiger partial charge in [-0.3, -0.25) is 0 Å². The van der Waals surface area contributed by atoms with Crippen LogP contribution in [0.2, 0.25) is 0 Å². The van der Waals surface area contributed by atoms with Crippen molar-refractivity contribution < 1.29 is 14.6 Å². The monoisotopic (exact) mass is 244 g/mol. The zero-order chi connectivity index (χ0) is 13.0. The van der Waals surface area contributed by atoms with E-state index in [0.29, 0.717) is 12.3 Å². The summed E-state index contributed by atoms with van der Waals surface area (Å²) in [6.07, 6.45) is 0. The third-order valence-corrected chi connectivity index (χ3v) is 2.26. The van der Waals surface area contributed by atoms with Crippen molar-refractivity contribution in [2.75, 3.05) is 6.61 Å². The Balaban J connectivity index is 2.50. The van der Waals surface area contributed by atoms with Crippen LogP contribution in [0.4, 0.5) is 0 Å². The minimum Gasteiger partial charge on any atom is -0.478 e. The first-order valence-corrected chi connectivity index (χ1v) is 5.51. The Hall–Kier alpha value is -2.43. The summed E-state index contributed by atoms with van der Waals surface area (Å²) in [5.41, 5.74) is 1.36. The molecular weight excluding hydrogens is 232 g/mol. The van der Waals surface area contributed by atoms with Gasteiger partial charge in [-0.2, -0.15) is 4.98 Å². The first kappa shape index (κ1) is 12.0. The third kappa shape index (κ3) is 2.63. The van der Waals surface area contributed by atoms with Crippen LogP contribution in [0.5, 0.6) is 5.88 Å². The summed E-state index contributed by atoms with van der Waals surface area (Å²) in [4.78, 5) is 18.8. The summed E-state index contributed by atoms with van der Waals surface area (Å²) in [5, 5.41) is 8.97. The van der Waals surface area contributed by atoms with E-state index < -0.39 is 5.97 Å². The molecule has 5 nitrogen and oxygen atoms in total. The molecule has 1 aromatic carbocycles. The first-order valence-electron chi connectivity index (χ1n) is 5.51. The highest BCUT2D eigenvalue weighted by Gasteiger charge is 2.12. The fourth-order valence-electron chi connectivity index (χ4n) is 1.50. The summed E-state index contributed by atoms with van der Waals surface area (Å²) in [6.45, 7) is 2.23. The lowest BCUT2D eigenvalue weighted by molar-refractivity contribution is 0.0682. The fourth-order valence-corrected chi connectivity index (χ4v) is 1.50. The zero-order valence-electron chi connectivity index (χ0n) is 9.83. The number of aromatic carboxylic acids is 1. The molecule has 2 aromatic rings. The molecule has 0 bridgehead atoms. The molecule has 1 N–H and O–H groups in total. The highest BCUT2D eigenvalue weighted by atomic mass is 16.5. The van der Waals surface area contributed by atoms with Crippen molar-refractivity contribution in [2.24, 2.45) is 0 Å². The number of nitrogens with zero attached hydrogens (tertiary/aromatic N) is 2. The number of hydrogen-bond acceptors (Lipinski definition) is 4. The van der Waals surface area contributed by atoms with Gasteiger partial charge in [0.25, 0.3) is 0 Å². The van der Waals surface area contributed by atoms with E-state index in [9.17, 15) is 4.79 Å². The van der Waals surface area contributed by atoms with Crippen LogP contribution in [0.15, 0.2) is 36.4 Å². The van der Waals surface area contributed by atoms with Crippen LogP contribution in [-0.2, 0) is 0 Å². The van der Waals surface area contributed by atoms with E-state index in [1.54, 1.807) is 6.07 Å². The van der Waals surface area contributed by atoms with Crippen molar-refractivity contribution >= 4 is 5.97 Å². The van der Waals surface area contributed by atoms with Crippen molar-refractivity contribution in [3.8, 4) is 17.1 Å². The molecular formula is C13H12N2O3. The van der Waals surface area contributed by atoms with E-state index in [2.05, 4.69) is 9.97 Å². The molecule has 0 radical (unpaired) electrons. The quantitative estimate of drug-likeness (QED) is 0.892. The minimum absolute atomic E-state index is 0.264. The minimum atomic E-state index is -1.17. The van der Waals surface area contributed by atoms with Gasteiger partial charge < -0.3 is 9.84 Å². The van der Waals surface area contributed by atoms with Gasteiger partial charge in [-0.05, 0) is 6.92 Å². The van der Waals surface area contributed by atoms with Gasteiger partial charge in [0.15, 0.2) is 0 Å². The van der Waals surface area contributed by atoms with E-state index in [1.165, 1.54) is 0 Å². The maximum atomic E-state index is 11.0. The number of benzene rings is 1. The van der Waals surface area contributed by atoms with Gasteiger partial charge in [0.05, 0.1) is 12.3 Å². The van der Waals surface area contributed by atoms with Crippen molar-refractivity contribution in [1.29, 1.82) is 0 Å². The molecule has 0 fully saturated rings. The maximum Gasteiger partial charge on any atom is 0.374 e. The molecule has 0 saturated carbocycles. The predicted molar refractivity (Wildman–Crippen MR) is 65.6 cm³/mol. The van der Waals surface area contributed by atoms with E-state index in [1.807, 2.05) is 37.3 Å². The normalized spacial score (nSPS) is 10.1. The highest BCUT2D eigenvalue weighted by Crippen LogP contribution is 2.20. The maximum absolute atomic E-state index is 11.0. The molecule has 18 heavy (non-hydrogen) atoms. The second-order valence-corrected chi connectivity index (χ2v) is 3.52. The molecule has 0 saturated heterocycles. The average Bonchev–Trinajstić information content (AvgIpc) is 2.40. The summed E-state index contributed by atoms with van der Waals surface area (Å²) in [5.74, 6) is -1.17. The van der Waals surface area contributed by atoms with Gasteiger partial charge >= 0.3 is 5.97 Å². The predicted octanol–water partition coefficient (Wildman–Crippen LogP) is 2.24. The second-order valence-electron chi connectivity index (χ2n) is 3.52. The van der Waals surface area contributed by atoms with Crippen molar-refractivity contribution in [2.45, 2.75) is 6.92 Å². The van der Waals surface area contributed by atoms with E-state index in [4.69, 9.17) is 9.84 Å². The van der Waals surface area contributed by atoms with Gasteiger partial charge in [0.2, 0.25) is 11.7 Å². The van der Waals surface area contributed by atoms with Gasteiger partial charge in [0.1, 0.15) is 0 Å². The number of carboxylic acid groups (broad SMARTS) is 1. The van der Waals surface area contributed by atoms with E-state index >= 15 is 0 Å². The topological polar surface area (TPSA) is 72.3 Å². The molecule has 0 aliphatic rings. The van der Waals surface area contributed by atoms with E-state index in [-0.39, 0.29) is 11.7 Å². The Bertz CT molecular complexity index is 555. The molecule has 0 unspecified atom stereocenters. The van der Waals surface area contributed by atoms with Gasteiger partial charge in [-0.1, -0.05) is 30.3 Å². The molecule has 0 aliphatic carbocycles. The third-order valence-electron chi connectivity index (χ3n) is 2.26. The second kappa shape index (κ2) is 5.27. The Morgan fingerprint density at radius 3 is 2.61 bits per heavy atom. The number of hydrogen-bond donors (Lipinski definition) is 1. The van der Waals surface area contributed by atoms with Crippen LogP contribution in [-0.4, -0.2) is 27.7 Å². The Morgan fingerprint density at radius 2 is 2.00 bits per heavy atom. The van der Waals surface area contributed by atoms with Crippen LogP contribution < -0.4 is 4.74 Å². The zero-order valence-corrected chi connectivity index (χ0v) is 9.83. The Labute approximate surface area is 104 Å². The molecule has 0 spiro atoms. The lowest BCUT2D eigenvalue weighted by Crippen LogP contribution is -2.07. The van der Waals surface area contributed by atoms with Crippen LogP contribution in [0, 0.1) is 0 Å². The highest BCUT2D eigenvalue weighted by molar-refractivity contribution is 5.84. The number of aromatic nitrogens is 2. The molecule has 5 heteroatoms. The molecule has 1 heterocycles. The summed E-state index contributed by atoms with van der Waals surface area (Å²) in [7, 11) is 0. The molecule has 0 amide bonds.